The van der Waals surface area contributed by atoms with Crippen molar-refractivity contribution in [1.82, 2.24) is 0 Å². The summed E-state index contributed by atoms with van der Waals surface area (Å²) in [7, 11) is -4.09. The van der Waals surface area contributed by atoms with E-state index in [2.05, 4.69) is 9.62 Å². The van der Waals surface area contributed by atoms with E-state index < -0.39 is 21.8 Å². The predicted octanol–water partition coefficient (Wildman–Crippen LogP) is 3.85. The fourth-order valence-electron chi connectivity index (χ4n) is 3.94. The first-order valence-electron chi connectivity index (χ1n) is 10.9. The zero-order valence-corrected chi connectivity index (χ0v) is 19.8. The quantitative estimate of drug-likeness (QED) is 0.478. The summed E-state index contributed by atoms with van der Waals surface area (Å²) in [6.07, 6.45) is 0. The summed E-state index contributed by atoms with van der Waals surface area (Å²) in [5, 5.41) is 9.71. The minimum absolute atomic E-state index is 0.0130. The third kappa shape index (κ3) is 5.43. The molecule has 1 saturated heterocycles. The van der Waals surface area contributed by atoms with Gasteiger partial charge in [0.2, 0.25) is 0 Å². The van der Waals surface area contributed by atoms with E-state index in [9.17, 15) is 27.5 Å². The third-order valence-electron chi connectivity index (χ3n) is 5.89. The number of rotatable bonds is 7. The lowest BCUT2D eigenvalue weighted by Crippen LogP contribution is -2.46. The maximum absolute atomic E-state index is 13.1. The van der Waals surface area contributed by atoms with Crippen LogP contribution in [-0.4, -0.2) is 51.5 Å². The van der Waals surface area contributed by atoms with Crippen molar-refractivity contribution >= 4 is 38.8 Å². The van der Waals surface area contributed by atoms with Gasteiger partial charge >= 0.3 is 5.97 Å². The number of hydrogen-bond donors (Lipinski definition) is 2. The van der Waals surface area contributed by atoms with E-state index in [-0.39, 0.29) is 21.9 Å². The molecule has 3 aromatic rings. The summed E-state index contributed by atoms with van der Waals surface area (Å²) >= 11 is 0. The summed E-state index contributed by atoms with van der Waals surface area (Å²) in [5.74, 6) is -1.83. The number of hydrogen-bond acceptors (Lipinski definition) is 6. The average molecular weight is 498 g/mol. The molecule has 0 atom stereocenters. The van der Waals surface area contributed by atoms with Gasteiger partial charge in [0.25, 0.3) is 10.0 Å². The Morgan fingerprint density at radius 3 is 1.94 bits per heavy atom. The van der Waals surface area contributed by atoms with Gasteiger partial charge in [0.05, 0.1) is 16.1 Å². The second kappa shape index (κ2) is 9.75. The van der Waals surface area contributed by atoms with E-state index in [1.807, 2.05) is 17.0 Å². The fraction of sp³-hybridized carbons (Fsp3) is 0.200. The fourth-order valence-corrected chi connectivity index (χ4v) is 5.02. The zero-order valence-electron chi connectivity index (χ0n) is 18.9. The van der Waals surface area contributed by atoms with E-state index in [4.69, 9.17) is 0 Å². The van der Waals surface area contributed by atoms with Crippen LogP contribution in [0.3, 0.4) is 0 Å². The highest BCUT2D eigenvalue weighted by atomic mass is 32.2. The highest BCUT2D eigenvalue weighted by molar-refractivity contribution is 7.92. The lowest BCUT2D eigenvalue weighted by atomic mass is 10.1. The molecule has 35 heavy (non-hydrogen) atoms. The van der Waals surface area contributed by atoms with Crippen molar-refractivity contribution in [2.24, 2.45) is 0 Å². The van der Waals surface area contributed by atoms with Gasteiger partial charge in [-0.25, -0.2) is 17.6 Å². The van der Waals surface area contributed by atoms with Crippen molar-refractivity contribution in [2.75, 3.05) is 40.7 Å². The molecule has 3 aromatic carbocycles. The molecule has 0 bridgehead atoms. The first kappa shape index (κ1) is 24.2. The van der Waals surface area contributed by atoms with Gasteiger partial charge in [-0.3, -0.25) is 9.52 Å². The molecule has 0 spiro atoms. The van der Waals surface area contributed by atoms with Crippen molar-refractivity contribution in [2.45, 2.75) is 11.8 Å². The van der Waals surface area contributed by atoms with Crippen molar-refractivity contribution in [3.05, 3.63) is 83.7 Å². The average Bonchev–Trinajstić information content (AvgIpc) is 2.84. The van der Waals surface area contributed by atoms with Crippen LogP contribution in [0.2, 0.25) is 0 Å². The summed E-state index contributed by atoms with van der Waals surface area (Å²) in [6, 6.07) is 16.2. The van der Waals surface area contributed by atoms with Gasteiger partial charge in [-0.05, 0) is 73.7 Å². The Balaban J connectivity index is 1.49. The maximum Gasteiger partial charge on any atom is 0.337 e. The van der Waals surface area contributed by atoms with Crippen LogP contribution in [0, 0.1) is 5.82 Å². The van der Waals surface area contributed by atoms with Crippen LogP contribution >= 0.6 is 0 Å². The van der Waals surface area contributed by atoms with E-state index >= 15 is 0 Å². The van der Waals surface area contributed by atoms with Crippen molar-refractivity contribution < 1.29 is 27.5 Å². The molecular weight excluding hydrogens is 473 g/mol. The van der Waals surface area contributed by atoms with Gasteiger partial charge in [0.15, 0.2) is 5.78 Å². The van der Waals surface area contributed by atoms with Crippen molar-refractivity contribution in [3.63, 3.8) is 0 Å². The molecule has 2 N–H and O–H groups in total. The molecule has 4 rings (SSSR count). The number of nitrogens with zero attached hydrogens (tertiary/aromatic N) is 2. The Morgan fingerprint density at radius 1 is 0.857 bits per heavy atom. The minimum Gasteiger partial charge on any atom is -0.478 e. The van der Waals surface area contributed by atoms with Crippen LogP contribution in [0.4, 0.5) is 21.5 Å². The molecule has 8 nitrogen and oxygen atoms in total. The topological polar surface area (TPSA) is 107 Å². The van der Waals surface area contributed by atoms with Crippen LogP contribution < -0.4 is 14.5 Å². The van der Waals surface area contributed by atoms with E-state index in [0.717, 1.165) is 30.0 Å². The Morgan fingerprint density at radius 2 is 1.40 bits per heavy atom. The van der Waals surface area contributed by atoms with Crippen LogP contribution in [0.5, 0.6) is 0 Å². The predicted molar refractivity (Wildman–Crippen MR) is 131 cm³/mol. The number of benzene rings is 3. The largest absolute Gasteiger partial charge is 0.478 e. The highest BCUT2D eigenvalue weighted by Gasteiger charge is 2.22. The lowest BCUT2D eigenvalue weighted by molar-refractivity contribution is 0.0697. The Hall–Kier alpha value is -3.92. The van der Waals surface area contributed by atoms with Gasteiger partial charge in [0, 0.05) is 43.1 Å². The number of aromatic carboxylic acids is 1. The van der Waals surface area contributed by atoms with Crippen molar-refractivity contribution in [1.29, 1.82) is 0 Å². The Kier molecular flexibility index (Phi) is 6.74. The summed E-state index contributed by atoms with van der Waals surface area (Å²) in [5.41, 5.74) is 2.07. The number of carboxylic acid groups (broad SMARTS) is 1. The van der Waals surface area contributed by atoms with E-state index in [0.29, 0.717) is 37.4 Å². The van der Waals surface area contributed by atoms with Crippen LogP contribution in [0.15, 0.2) is 71.6 Å². The molecule has 0 unspecified atom stereocenters. The second-order valence-corrected chi connectivity index (χ2v) is 9.85. The van der Waals surface area contributed by atoms with Gasteiger partial charge in [-0.2, -0.15) is 0 Å². The monoisotopic (exact) mass is 497 g/mol. The molecule has 1 fully saturated rings. The third-order valence-corrected chi connectivity index (χ3v) is 7.27. The standard InChI is InChI=1S/C25H24FN3O5S/c1-17(30)18-2-6-20(7-3-18)28-12-14-29(15-13-28)21-8-11-24(23(16-21)25(31)32)27-35(33,34)22-9-4-19(26)5-10-22/h2-11,16,27H,12-15H2,1H3,(H,31,32). The number of nitrogens with one attached hydrogen (secondary N) is 1. The molecular formula is C25H24FN3O5S. The Labute approximate surface area is 202 Å². The molecule has 182 valence electrons. The number of carbonyl (C=O) groups excluding carboxylic acids is 1. The molecule has 1 aliphatic rings. The molecule has 0 aliphatic carbocycles. The molecule has 1 heterocycles. The van der Waals surface area contributed by atoms with Crippen LogP contribution in [0.25, 0.3) is 0 Å². The Bertz CT molecular complexity index is 1350. The van der Waals surface area contributed by atoms with Gasteiger partial charge in [-0.15, -0.1) is 0 Å². The number of anilines is 3. The number of piperazine rings is 1. The van der Waals surface area contributed by atoms with Crippen molar-refractivity contribution in [3.8, 4) is 0 Å². The number of halogens is 1. The maximum atomic E-state index is 13.1. The first-order valence-corrected chi connectivity index (χ1v) is 12.4. The van der Waals surface area contributed by atoms with Crippen LogP contribution in [-0.2, 0) is 10.0 Å². The molecule has 0 radical (unpaired) electrons. The minimum atomic E-state index is -4.09. The molecule has 0 amide bonds. The number of ketones is 1. The number of carboxylic acids is 1. The van der Waals surface area contributed by atoms with E-state index in [1.54, 1.807) is 18.2 Å². The number of Topliss-reactive ketones (excluding diaryl/α,β-unsaturated/α-hetero) is 1. The second-order valence-electron chi connectivity index (χ2n) is 8.17. The highest BCUT2D eigenvalue weighted by Crippen LogP contribution is 2.27. The SMILES string of the molecule is CC(=O)c1ccc(N2CCN(c3ccc(NS(=O)(=O)c4ccc(F)cc4)c(C(=O)O)c3)CC2)cc1. The summed E-state index contributed by atoms with van der Waals surface area (Å²) in [4.78, 5) is 27.4. The van der Waals surface area contributed by atoms with Gasteiger partial charge < -0.3 is 14.9 Å². The number of carbonyl (C=O) groups is 2. The summed E-state index contributed by atoms with van der Waals surface area (Å²) in [6.45, 7) is 4.18. The molecule has 0 saturated carbocycles. The summed E-state index contributed by atoms with van der Waals surface area (Å²) < 4.78 is 40.7. The lowest BCUT2D eigenvalue weighted by Gasteiger charge is -2.37. The van der Waals surface area contributed by atoms with Gasteiger partial charge in [-0.1, -0.05) is 0 Å². The molecule has 0 aromatic heterocycles. The first-order chi connectivity index (χ1) is 16.6. The van der Waals surface area contributed by atoms with Crippen LogP contribution in [0.1, 0.15) is 27.6 Å². The molecule has 10 heteroatoms. The van der Waals surface area contributed by atoms with Gasteiger partial charge in [0.1, 0.15) is 5.82 Å². The smallest absolute Gasteiger partial charge is 0.337 e. The number of sulfonamides is 1. The molecule has 1 aliphatic heterocycles. The normalized spacial score (nSPS) is 14.0. The zero-order chi connectivity index (χ0) is 25.2. The van der Waals surface area contributed by atoms with E-state index in [1.165, 1.54) is 19.1 Å².